The molecule has 4 rings (SSSR count). The maximum absolute atomic E-state index is 14.3. The number of nitro groups is 1. The Labute approximate surface area is 211 Å². The minimum atomic E-state index is -0.731. The van der Waals surface area contributed by atoms with Crippen molar-refractivity contribution in [3.05, 3.63) is 91.0 Å². The number of halogens is 3. The molecule has 0 spiro atoms. The number of nitrogens with zero attached hydrogens (tertiary/aromatic N) is 6. The molecule has 176 valence electrons. The molecule has 12 heteroatoms. The van der Waals surface area contributed by atoms with E-state index in [0.29, 0.717) is 28.0 Å². The minimum absolute atomic E-state index is 0.0242. The van der Waals surface area contributed by atoms with Gasteiger partial charge < -0.3 is 19.4 Å². The van der Waals surface area contributed by atoms with Crippen LogP contribution >= 0.6 is 31.9 Å². The fourth-order valence-electron chi connectivity index (χ4n) is 3.56. The molecule has 0 aliphatic carbocycles. The molecule has 0 fully saturated rings. The van der Waals surface area contributed by atoms with E-state index in [1.165, 1.54) is 24.4 Å². The molecule has 9 nitrogen and oxygen atoms in total. The number of aryl methyl sites for hydroxylation is 1. The van der Waals surface area contributed by atoms with Crippen molar-refractivity contribution in [2.45, 2.75) is 32.9 Å². The summed E-state index contributed by atoms with van der Waals surface area (Å²) in [4.78, 5) is 19.1. The zero-order valence-electron chi connectivity index (χ0n) is 18.2. The molecule has 0 N–H and O–H groups in total. The normalized spacial score (nSPS) is 12.0. The van der Waals surface area contributed by atoms with Gasteiger partial charge in [-0.05, 0) is 73.8 Å². The molecule has 0 amide bonds. The molecule has 3 heterocycles. The standard InChI is InChI=1S/C22H19Br2FN6O3/c1-3-30-21(24)14(11-28-30)8-20-26-6-7-29(20)18-5-4-16(25)10-17(18)13(2)34-19-9-15(23)12-27-22(19)31(32)33/h4-7,9-13H,3,8H2,1-2H3. The van der Waals surface area contributed by atoms with E-state index >= 15 is 0 Å². The van der Waals surface area contributed by atoms with Gasteiger partial charge in [-0.15, -0.1) is 0 Å². The zero-order chi connectivity index (χ0) is 24.4. The number of hydrogen-bond acceptors (Lipinski definition) is 6. The number of benzene rings is 1. The largest absolute Gasteiger partial charge is 0.478 e. The predicted molar refractivity (Wildman–Crippen MR) is 130 cm³/mol. The Morgan fingerprint density at radius 1 is 1.24 bits per heavy atom. The molecule has 3 aromatic heterocycles. The number of imidazole rings is 1. The first-order valence-corrected chi connectivity index (χ1v) is 11.9. The predicted octanol–water partition coefficient (Wildman–Crippen LogP) is 5.79. The van der Waals surface area contributed by atoms with Gasteiger partial charge in [-0.2, -0.15) is 5.10 Å². The summed E-state index contributed by atoms with van der Waals surface area (Å²) in [6, 6.07) is 5.80. The highest BCUT2D eigenvalue weighted by atomic mass is 79.9. The van der Waals surface area contributed by atoms with E-state index in [9.17, 15) is 14.5 Å². The van der Waals surface area contributed by atoms with E-state index in [1.807, 2.05) is 16.2 Å². The molecule has 0 saturated heterocycles. The maximum Gasteiger partial charge on any atom is 0.406 e. The third-order valence-electron chi connectivity index (χ3n) is 5.17. The number of ether oxygens (including phenoxy) is 1. The second-order valence-corrected chi connectivity index (χ2v) is 9.03. The van der Waals surface area contributed by atoms with E-state index in [-0.39, 0.29) is 5.75 Å². The molecular formula is C22H19Br2FN6O3. The SMILES string of the molecule is CCn1ncc(Cc2nccn2-c2ccc(F)cc2C(C)Oc2cc(Br)cnc2[N+](=O)[O-])c1Br. The average Bonchev–Trinajstić information content (AvgIpc) is 3.40. The molecule has 0 bridgehead atoms. The highest BCUT2D eigenvalue weighted by Crippen LogP contribution is 2.34. The van der Waals surface area contributed by atoms with Crippen molar-refractivity contribution in [2.24, 2.45) is 0 Å². The van der Waals surface area contributed by atoms with Gasteiger partial charge in [0, 0.05) is 42.6 Å². The van der Waals surface area contributed by atoms with Crippen LogP contribution in [0.1, 0.15) is 36.9 Å². The zero-order valence-corrected chi connectivity index (χ0v) is 21.3. The van der Waals surface area contributed by atoms with Gasteiger partial charge in [0.2, 0.25) is 5.75 Å². The van der Waals surface area contributed by atoms with Crippen molar-refractivity contribution in [1.29, 1.82) is 0 Å². The summed E-state index contributed by atoms with van der Waals surface area (Å²) in [5.41, 5.74) is 2.10. The summed E-state index contributed by atoms with van der Waals surface area (Å²) < 4.78 is 25.3. The van der Waals surface area contributed by atoms with E-state index in [0.717, 1.165) is 16.7 Å². The van der Waals surface area contributed by atoms with E-state index in [1.54, 1.807) is 31.6 Å². The van der Waals surface area contributed by atoms with Gasteiger partial charge in [0.1, 0.15) is 22.3 Å². The molecule has 1 atom stereocenters. The molecule has 0 saturated carbocycles. The van der Waals surface area contributed by atoms with Crippen LogP contribution in [0.15, 0.2) is 58.1 Å². The third-order valence-corrected chi connectivity index (χ3v) is 6.53. The molecule has 1 aromatic carbocycles. The number of hydrogen-bond donors (Lipinski definition) is 0. The molecule has 0 aliphatic heterocycles. The van der Waals surface area contributed by atoms with Crippen LogP contribution in [-0.4, -0.2) is 29.2 Å². The Kier molecular flexibility index (Phi) is 7.08. The second-order valence-electron chi connectivity index (χ2n) is 7.36. The van der Waals surface area contributed by atoms with Crippen molar-refractivity contribution >= 4 is 37.7 Å². The van der Waals surface area contributed by atoms with Crippen molar-refractivity contribution in [1.82, 2.24) is 24.3 Å². The van der Waals surface area contributed by atoms with Crippen LogP contribution in [0.3, 0.4) is 0 Å². The highest BCUT2D eigenvalue weighted by molar-refractivity contribution is 9.10. The Hall–Kier alpha value is -3.12. The topological polar surface area (TPSA) is 101 Å². The van der Waals surface area contributed by atoms with Crippen LogP contribution in [-0.2, 0) is 13.0 Å². The molecule has 4 aromatic rings. The summed E-state index contributed by atoms with van der Waals surface area (Å²) in [5.74, 6) is -0.186. The molecule has 34 heavy (non-hydrogen) atoms. The molecule has 1 unspecified atom stereocenters. The van der Waals surface area contributed by atoms with Crippen LogP contribution in [0.2, 0.25) is 0 Å². The summed E-state index contributed by atoms with van der Waals surface area (Å²) in [7, 11) is 0. The van der Waals surface area contributed by atoms with Gasteiger partial charge in [-0.25, -0.2) is 9.37 Å². The Balaban J connectivity index is 1.71. The fraction of sp³-hybridized carbons (Fsp3) is 0.227. The molecular weight excluding hydrogens is 575 g/mol. The lowest BCUT2D eigenvalue weighted by Gasteiger charge is -2.20. The van der Waals surface area contributed by atoms with Gasteiger partial charge in [0.25, 0.3) is 0 Å². The Morgan fingerprint density at radius 2 is 2.03 bits per heavy atom. The smallest absolute Gasteiger partial charge is 0.406 e. The van der Waals surface area contributed by atoms with Crippen LogP contribution < -0.4 is 4.74 Å². The monoisotopic (exact) mass is 592 g/mol. The summed E-state index contributed by atoms with van der Waals surface area (Å²) >= 11 is 6.83. The van der Waals surface area contributed by atoms with E-state index in [2.05, 4.69) is 46.9 Å². The fourth-order valence-corrected chi connectivity index (χ4v) is 4.46. The molecule has 0 radical (unpaired) electrons. The minimum Gasteiger partial charge on any atom is -0.478 e. The van der Waals surface area contributed by atoms with E-state index < -0.39 is 22.7 Å². The Morgan fingerprint density at radius 3 is 2.74 bits per heavy atom. The highest BCUT2D eigenvalue weighted by Gasteiger charge is 2.23. The van der Waals surface area contributed by atoms with Crippen LogP contribution in [0.5, 0.6) is 5.75 Å². The Bertz CT molecular complexity index is 1360. The quantitative estimate of drug-likeness (QED) is 0.189. The maximum atomic E-state index is 14.3. The lowest BCUT2D eigenvalue weighted by atomic mass is 10.1. The molecule has 0 aliphatic rings. The van der Waals surface area contributed by atoms with Gasteiger partial charge >= 0.3 is 5.82 Å². The number of pyridine rings is 1. The van der Waals surface area contributed by atoms with Gasteiger partial charge in [-0.1, -0.05) is 0 Å². The summed E-state index contributed by atoms with van der Waals surface area (Å²) in [6.07, 6.45) is 6.30. The van der Waals surface area contributed by atoms with Crippen molar-refractivity contribution in [3.8, 4) is 11.4 Å². The van der Waals surface area contributed by atoms with Gasteiger partial charge in [0.05, 0.1) is 16.4 Å². The van der Waals surface area contributed by atoms with Gasteiger partial charge in [-0.3, -0.25) is 4.68 Å². The van der Waals surface area contributed by atoms with Crippen molar-refractivity contribution in [2.75, 3.05) is 0 Å². The second kappa shape index (κ2) is 10.0. The van der Waals surface area contributed by atoms with E-state index in [4.69, 9.17) is 4.74 Å². The van der Waals surface area contributed by atoms with Crippen LogP contribution in [0.4, 0.5) is 10.2 Å². The van der Waals surface area contributed by atoms with Crippen molar-refractivity contribution < 1.29 is 14.1 Å². The number of aromatic nitrogens is 5. The first-order valence-electron chi connectivity index (χ1n) is 10.3. The van der Waals surface area contributed by atoms with Crippen molar-refractivity contribution in [3.63, 3.8) is 0 Å². The van der Waals surface area contributed by atoms with Gasteiger partial charge in [0.15, 0.2) is 6.20 Å². The lowest BCUT2D eigenvalue weighted by molar-refractivity contribution is -0.390. The first-order chi connectivity index (χ1) is 16.3. The average molecular weight is 594 g/mol. The lowest BCUT2D eigenvalue weighted by Crippen LogP contribution is -2.11. The van der Waals surface area contributed by atoms with Crippen LogP contribution in [0, 0.1) is 15.9 Å². The first kappa shape index (κ1) is 24.0. The third kappa shape index (κ3) is 4.87. The number of rotatable bonds is 8. The van der Waals surface area contributed by atoms with Crippen LogP contribution in [0.25, 0.3) is 5.69 Å². The summed E-state index contributed by atoms with van der Waals surface area (Å²) in [6.45, 7) is 4.42. The summed E-state index contributed by atoms with van der Waals surface area (Å²) in [5, 5.41) is 15.7.